The van der Waals surface area contributed by atoms with Gasteiger partial charge in [0, 0.05) is 18.1 Å². The first-order chi connectivity index (χ1) is 16.0. The number of hydrogen-bond donors (Lipinski definition) is 1. The molecule has 0 saturated heterocycles. The molecule has 0 aromatic heterocycles. The van der Waals surface area contributed by atoms with E-state index in [4.69, 9.17) is 14.2 Å². The number of amides is 1. The summed E-state index contributed by atoms with van der Waals surface area (Å²) in [6.07, 6.45) is 1.29. The monoisotopic (exact) mass is 445 g/mol. The molecule has 0 saturated carbocycles. The van der Waals surface area contributed by atoms with Gasteiger partial charge in [-0.15, -0.1) is 0 Å². The second-order valence-electron chi connectivity index (χ2n) is 7.96. The highest BCUT2D eigenvalue weighted by molar-refractivity contribution is 5.84. The number of hydrogen-bond acceptors (Lipinski definition) is 5. The fourth-order valence-electron chi connectivity index (χ4n) is 4.56. The normalized spacial score (nSPS) is 14.4. The van der Waals surface area contributed by atoms with Crippen LogP contribution in [0.15, 0.2) is 59.4 Å². The van der Waals surface area contributed by atoms with E-state index >= 15 is 0 Å². The molecule has 170 valence electrons. The predicted molar refractivity (Wildman–Crippen MR) is 128 cm³/mol. The largest absolute Gasteiger partial charge is 0.493 e. The Hall–Kier alpha value is -3.80. The molecule has 4 rings (SSSR count). The van der Waals surface area contributed by atoms with Crippen LogP contribution in [-0.4, -0.2) is 27.2 Å². The summed E-state index contributed by atoms with van der Waals surface area (Å²) in [6, 6.07) is 16.6. The third-order valence-corrected chi connectivity index (χ3v) is 6.00. The molecular weight excluding hydrogens is 418 g/mol. The van der Waals surface area contributed by atoms with Gasteiger partial charge in [-0.2, -0.15) is 0 Å². The van der Waals surface area contributed by atoms with Crippen LogP contribution in [0.25, 0.3) is 22.3 Å². The van der Waals surface area contributed by atoms with Gasteiger partial charge in [-0.3, -0.25) is 9.59 Å². The van der Waals surface area contributed by atoms with Crippen molar-refractivity contribution in [2.45, 2.75) is 25.8 Å². The summed E-state index contributed by atoms with van der Waals surface area (Å²) in [6.45, 7) is 1.49. The molecule has 33 heavy (non-hydrogen) atoms. The van der Waals surface area contributed by atoms with Crippen molar-refractivity contribution in [3.05, 3.63) is 75.9 Å². The molecule has 0 bridgehead atoms. The second-order valence-corrected chi connectivity index (χ2v) is 7.96. The highest BCUT2D eigenvalue weighted by Crippen LogP contribution is 2.50. The van der Waals surface area contributed by atoms with Crippen molar-refractivity contribution >= 4 is 5.91 Å². The summed E-state index contributed by atoms with van der Waals surface area (Å²) in [5.74, 6) is 1.44. The first kappa shape index (κ1) is 22.4. The van der Waals surface area contributed by atoms with E-state index in [1.165, 1.54) is 6.92 Å². The molecule has 3 aromatic rings. The molecule has 0 unspecified atom stereocenters. The smallest absolute Gasteiger partial charge is 0.217 e. The summed E-state index contributed by atoms with van der Waals surface area (Å²) < 4.78 is 17.0. The lowest BCUT2D eigenvalue weighted by molar-refractivity contribution is -0.119. The molecule has 1 aliphatic carbocycles. The maximum absolute atomic E-state index is 13.3. The Balaban J connectivity index is 2.07. The summed E-state index contributed by atoms with van der Waals surface area (Å²) in [4.78, 5) is 25.4. The Morgan fingerprint density at radius 3 is 2.24 bits per heavy atom. The fourth-order valence-corrected chi connectivity index (χ4v) is 4.56. The average Bonchev–Trinajstić information content (AvgIpc) is 3.07. The van der Waals surface area contributed by atoms with Crippen LogP contribution in [0.4, 0.5) is 0 Å². The molecule has 1 aliphatic rings. The minimum atomic E-state index is -0.324. The minimum Gasteiger partial charge on any atom is -0.493 e. The van der Waals surface area contributed by atoms with Gasteiger partial charge < -0.3 is 19.5 Å². The summed E-state index contributed by atoms with van der Waals surface area (Å²) in [5.41, 5.74) is 4.72. The molecule has 6 nitrogen and oxygen atoms in total. The molecule has 3 aromatic carbocycles. The second kappa shape index (κ2) is 9.36. The van der Waals surface area contributed by atoms with E-state index in [0.717, 1.165) is 27.8 Å². The van der Waals surface area contributed by atoms with Crippen LogP contribution in [-0.2, 0) is 11.2 Å². The number of rotatable bonds is 5. The quantitative estimate of drug-likeness (QED) is 0.625. The number of methoxy groups -OCH3 is 3. The van der Waals surface area contributed by atoms with Crippen LogP contribution >= 0.6 is 0 Å². The highest BCUT2D eigenvalue weighted by Gasteiger charge is 2.29. The lowest BCUT2D eigenvalue weighted by Gasteiger charge is -2.19. The topological polar surface area (TPSA) is 73.9 Å². The van der Waals surface area contributed by atoms with Crippen LogP contribution in [0.3, 0.4) is 0 Å². The van der Waals surface area contributed by atoms with E-state index < -0.39 is 0 Å². The van der Waals surface area contributed by atoms with Gasteiger partial charge in [0.25, 0.3) is 0 Å². The van der Waals surface area contributed by atoms with Crippen LogP contribution < -0.4 is 25.0 Å². The van der Waals surface area contributed by atoms with Crippen LogP contribution in [0.5, 0.6) is 17.2 Å². The first-order valence-electron chi connectivity index (χ1n) is 10.8. The van der Waals surface area contributed by atoms with Crippen molar-refractivity contribution in [1.82, 2.24) is 5.32 Å². The van der Waals surface area contributed by atoms with E-state index in [-0.39, 0.29) is 17.4 Å². The van der Waals surface area contributed by atoms with Gasteiger partial charge in [-0.1, -0.05) is 36.4 Å². The maximum atomic E-state index is 13.3. The summed E-state index contributed by atoms with van der Waals surface area (Å²) in [5, 5.41) is 3.03. The number of carbonyl (C=O) groups excluding carboxylic acids is 1. The Bertz CT molecular complexity index is 1250. The first-order valence-corrected chi connectivity index (χ1v) is 10.8. The van der Waals surface area contributed by atoms with Gasteiger partial charge >= 0.3 is 0 Å². The number of benzene rings is 2. The van der Waals surface area contributed by atoms with Crippen molar-refractivity contribution in [1.29, 1.82) is 0 Å². The average molecular weight is 446 g/mol. The number of aryl methyl sites for hydroxylation is 1. The Morgan fingerprint density at radius 2 is 1.61 bits per heavy atom. The minimum absolute atomic E-state index is 0.110. The van der Waals surface area contributed by atoms with Crippen molar-refractivity contribution in [2.24, 2.45) is 0 Å². The van der Waals surface area contributed by atoms with E-state index in [2.05, 4.69) is 5.32 Å². The van der Waals surface area contributed by atoms with E-state index in [9.17, 15) is 9.59 Å². The molecule has 1 N–H and O–H groups in total. The fraction of sp³-hybridized carbons (Fsp3) is 0.259. The highest BCUT2D eigenvalue weighted by atomic mass is 16.5. The van der Waals surface area contributed by atoms with E-state index in [1.807, 2.05) is 48.5 Å². The maximum Gasteiger partial charge on any atom is 0.217 e. The molecule has 1 atom stereocenters. The lowest BCUT2D eigenvalue weighted by atomic mass is 9.95. The summed E-state index contributed by atoms with van der Waals surface area (Å²) >= 11 is 0. The molecule has 0 heterocycles. The van der Waals surface area contributed by atoms with Gasteiger partial charge in [0.2, 0.25) is 11.7 Å². The lowest BCUT2D eigenvalue weighted by Crippen LogP contribution is -2.26. The molecular formula is C27H27NO5. The standard InChI is InChI=1S/C27H27NO5/c1-16(29)28-22-13-10-18-14-24(31-2)26(32-3)27(33-4)25(18)20-12-11-19(23(30)15-21(20)22)17-8-6-5-7-9-17/h5-9,11-12,14-15,22H,10,13H2,1-4H3,(H,28,29)/t22-/m0/s1. The molecule has 0 fully saturated rings. The predicted octanol–water partition coefficient (Wildman–Crippen LogP) is 4.53. The number of carbonyl (C=O) groups is 1. The van der Waals surface area contributed by atoms with Crippen LogP contribution in [0.1, 0.15) is 30.5 Å². The van der Waals surface area contributed by atoms with Crippen molar-refractivity contribution < 1.29 is 19.0 Å². The zero-order chi connectivity index (χ0) is 23.5. The van der Waals surface area contributed by atoms with Gasteiger partial charge in [0.1, 0.15) is 0 Å². The third kappa shape index (κ3) is 4.16. The van der Waals surface area contributed by atoms with Gasteiger partial charge in [0.05, 0.1) is 27.4 Å². The summed E-state index contributed by atoms with van der Waals surface area (Å²) in [7, 11) is 4.74. The van der Waals surface area contributed by atoms with Crippen molar-refractivity contribution in [3.8, 4) is 39.5 Å². The SMILES string of the molecule is COc1cc2c(c(OC)c1OC)-c1ccc(-c3ccccc3)c(=O)cc1[C@@H](NC(C)=O)CC2. The Kier molecular flexibility index (Phi) is 6.36. The van der Waals surface area contributed by atoms with Gasteiger partial charge in [0.15, 0.2) is 16.9 Å². The van der Waals surface area contributed by atoms with Gasteiger partial charge in [-0.25, -0.2) is 0 Å². The molecule has 1 amide bonds. The molecule has 6 heteroatoms. The van der Waals surface area contributed by atoms with Crippen molar-refractivity contribution in [3.63, 3.8) is 0 Å². The van der Waals surface area contributed by atoms with Crippen LogP contribution in [0.2, 0.25) is 0 Å². The van der Waals surface area contributed by atoms with E-state index in [0.29, 0.717) is 35.7 Å². The van der Waals surface area contributed by atoms with Crippen LogP contribution in [0, 0.1) is 0 Å². The number of fused-ring (bicyclic) bond motifs is 3. The zero-order valence-electron chi connectivity index (χ0n) is 19.2. The number of nitrogens with one attached hydrogen (secondary N) is 1. The van der Waals surface area contributed by atoms with E-state index in [1.54, 1.807) is 27.4 Å². The Labute approximate surface area is 193 Å². The Morgan fingerprint density at radius 1 is 0.909 bits per heavy atom. The number of ether oxygens (including phenoxy) is 3. The molecule has 0 radical (unpaired) electrons. The molecule has 0 aliphatic heterocycles. The van der Waals surface area contributed by atoms with Crippen molar-refractivity contribution in [2.75, 3.05) is 21.3 Å². The molecule has 0 spiro atoms. The third-order valence-electron chi connectivity index (χ3n) is 6.00. The van der Waals surface area contributed by atoms with Gasteiger partial charge in [-0.05, 0) is 53.3 Å². The zero-order valence-corrected chi connectivity index (χ0v) is 19.2.